The van der Waals surface area contributed by atoms with Gasteiger partial charge in [-0.15, -0.1) is 0 Å². The summed E-state index contributed by atoms with van der Waals surface area (Å²) in [6.07, 6.45) is 3.97. The smallest absolute Gasteiger partial charge is 0.0139 e. The summed E-state index contributed by atoms with van der Waals surface area (Å²) in [4.78, 5) is 0. The lowest BCUT2D eigenvalue weighted by atomic mass is 9.70. The molecule has 0 fully saturated rings. The minimum atomic E-state index is 0.385. The number of hydrogen-bond acceptors (Lipinski definition) is 0. The van der Waals surface area contributed by atoms with Gasteiger partial charge in [0.2, 0.25) is 0 Å². The van der Waals surface area contributed by atoms with E-state index in [2.05, 4.69) is 65.0 Å². The normalized spacial score (nSPS) is 15.6. The van der Waals surface area contributed by atoms with Crippen LogP contribution in [0.1, 0.15) is 65.4 Å². The Bertz CT molecular complexity index is 310. The van der Waals surface area contributed by atoms with E-state index >= 15 is 0 Å². The van der Waals surface area contributed by atoms with Crippen molar-refractivity contribution >= 4 is 0 Å². The highest BCUT2D eigenvalue weighted by Crippen LogP contribution is 2.40. The maximum atomic E-state index is 2.41. The zero-order valence-corrected chi connectivity index (χ0v) is 12.2. The summed E-state index contributed by atoms with van der Waals surface area (Å²) in [7, 11) is 0. The molecule has 0 spiro atoms. The fourth-order valence-electron chi connectivity index (χ4n) is 2.86. The second-order valence-electron chi connectivity index (χ2n) is 6.22. The lowest BCUT2D eigenvalue weighted by Crippen LogP contribution is -2.22. The van der Waals surface area contributed by atoms with E-state index in [9.17, 15) is 0 Å². The molecule has 0 N–H and O–H groups in total. The number of hydrogen-bond donors (Lipinski definition) is 0. The van der Waals surface area contributed by atoms with Crippen molar-refractivity contribution in [3.8, 4) is 0 Å². The third-order valence-corrected chi connectivity index (χ3v) is 4.13. The third kappa shape index (κ3) is 4.18. The molecule has 0 aromatic heterocycles. The van der Waals surface area contributed by atoms with Crippen molar-refractivity contribution in [2.45, 2.75) is 59.8 Å². The second kappa shape index (κ2) is 6.23. The highest BCUT2D eigenvalue weighted by molar-refractivity contribution is 5.20. The molecule has 0 saturated carbocycles. The molecule has 0 aliphatic rings. The van der Waals surface area contributed by atoms with Crippen LogP contribution >= 0.6 is 0 Å². The topological polar surface area (TPSA) is 0 Å². The van der Waals surface area contributed by atoms with Crippen LogP contribution in [0.4, 0.5) is 0 Å². The Morgan fingerprint density at radius 1 is 1.06 bits per heavy atom. The summed E-state index contributed by atoms with van der Waals surface area (Å²) in [5.74, 6) is 1.46. The van der Waals surface area contributed by atoms with Crippen LogP contribution in [0.25, 0.3) is 0 Å². The molecule has 0 saturated heterocycles. The molecule has 0 aliphatic heterocycles. The summed E-state index contributed by atoms with van der Waals surface area (Å²) in [5.41, 5.74) is 1.86. The predicted molar refractivity (Wildman–Crippen MR) is 77.3 cm³/mol. The fourth-order valence-corrected chi connectivity index (χ4v) is 2.86. The maximum Gasteiger partial charge on any atom is -0.0139 e. The van der Waals surface area contributed by atoms with Crippen molar-refractivity contribution in [3.63, 3.8) is 0 Å². The molecule has 0 heteroatoms. The SMILES string of the molecule is CCCC(C)CC(C)(C)C(C)c1ccccc1. The van der Waals surface area contributed by atoms with E-state index in [-0.39, 0.29) is 0 Å². The van der Waals surface area contributed by atoms with Gasteiger partial charge in [0.1, 0.15) is 0 Å². The van der Waals surface area contributed by atoms with E-state index in [4.69, 9.17) is 0 Å². The van der Waals surface area contributed by atoms with Crippen LogP contribution in [-0.2, 0) is 0 Å². The summed E-state index contributed by atoms with van der Waals surface area (Å²) in [6, 6.07) is 10.9. The van der Waals surface area contributed by atoms with Gasteiger partial charge in [-0.2, -0.15) is 0 Å². The molecular weight excluding hydrogens is 204 g/mol. The van der Waals surface area contributed by atoms with Gasteiger partial charge in [-0.25, -0.2) is 0 Å². The van der Waals surface area contributed by atoms with E-state index in [0.29, 0.717) is 11.3 Å². The van der Waals surface area contributed by atoms with Crippen LogP contribution in [0, 0.1) is 11.3 Å². The molecular formula is C17H28. The van der Waals surface area contributed by atoms with Gasteiger partial charge in [0, 0.05) is 0 Å². The molecule has 1 rings (SSSR count). The van der Waals surface area contributed by atoms with Gasteiger partial charge in [-0.1, -0.05) is 77.8 Å². The molecule has 17 heavy (non-hydrogen) atoms. The van der Waals surface area contributed by atoms with Gasteiger partial charge in [-0.3, -0.25) is 0 Å². The van der Waals surface area contributed by atoms with Crippen molar-refractivity contribution in [2.24, 2.45) is 11.3 Å². The van der Waals surface area contributed by atoms with Crippen LogP contribution in [0.15, 0.2) is 30.3 Å². The quantitative estimate of drug-likeness (QED) is 0.595. The Balaban J connectivity index is 2.69. The van der Waals surface area contributed by atoms with E-state index in [1.54, 1.807) is 0 Å². The Kier molecular flexibility index (Phi) is 5.24. The Morgan fingerprint density at radius 3 is 2.18 bits per heavy atom. The second-order valence-corrected chi connectivity index (χ2v) is 6.22. The van der Waals surface area contributed by atoms with E-state index in [1.165, 1.54) is 24.8 Å². The van der Waals surface area contributed by atoms with Crippen molar-refractivity contribution in [3.05, 3.63) is 35.9 Å². The van der Waals surface area contributed by atoms with Gasteiger partial charge < -0.3 is 0 Å². The van der Waals surface area contributed by atoms with Crippen LogP contribution in [0.2, 0.25) is 0 Å². The van der Waals surface area contributed by atoms with Gasteiger partial charge in [-0.05, 0) is 29.2 Å². The summed E-state index contributed by atoms with van der Waals surface area (Å²) in [6.45, 7) is 11.9. The lowest BCUT2D eigenvalue weighted by molar-refractivity contribution is 0.225. The summed E-state index contributed by atoms with van der Waals surface area (Å²) < 4.78 is 0. The van der Waals surface area contributed by atoms with Crippen LogP contribution < -0.4 is 0 Å². The first kappa shape index (κ1) is 14.3. The molecule has 1 aromatic rings. The van der Waals surface area contributed by atoms with Crippen molar-refractivity contribution in [1.29, 1.82) is 0 Å². The molecule has 2 atom stereocenters. The minimum absolute atomic E-state index is 0.385. The van der Waals surface area contributed by atoms with Crippen LogP contribution in [0.5, 0.6) is 0 Å². The minimum Gasteiger partial charge on any atom is -0.0654 e. The van der Waals surface area contributed by atoms with Crippen LogP contribution in [0.3, 0.4) is 0 Å². The van der Waals surface area contributed by atoms with Crippen molar-refractivity contribution in [1.82, 2.24) is 0 Å². The highest BCUT2D eigenvalue weighted by atomic mass is 14.3. The average molecular weight is 232 g/mol. The summed E-state index contributed by atoms with van der Waals surface area (Å²) >= 11 is 0. The molecule has 0 heterocycles. The zero-order chi connectivity index (χ0) is 12.9. The first-order valence-corrected chi connectivity index (χ1v) is 7.02. The fraction of sp³-hybridized carbons (Fsp3) is 0.647. The maximum absolute atomic E-state index is 2.41. The van der Waals surface area contributed by atoms with Gasteiger partial charge >= 0.3 is 0 Å². The molecule has 1 aromatic carbocycles. The first-order valence-electron chi connectivity index (χ1n) is 7.02. The largest absolute Gasteiger partial charge is 0.0654 e. The average Bonchev–Trinajstić information content (AvgIpc) is 2.28. The zero-order valence-electron chi connectivity index (χ0n) is 12.2. The highest BCUT2D eigenvalue weighted by Gasteiger charge is 2.28. The molecule has 2 unspecified atom stereocenters. The third-order valence-electron chi connectivity index (χ3n) is 4.13. The molecule has 96 valence electrons. The van der Waals surface area contributed by atoms with Gasteiger partial charge in [0.15, 0.2) is 0 Å². The van der Waals surface area contributed by atoms with E-state index in [1.807, 2.05) is 0 Å². The first-order chi connectivity index (χ1) is 7.97. The Morgan fingerprint density at radius 2 is 1.65 bits per heavy atom. The summed E-state index contributed by atoms with van der Waals surface area (Å²) in [5, 5.41) is 0. The van der Waals surface area contributed by atoms with Crippen molar-refractivity contribution in [2.75, 3.05) is 0 Å². The Hall–Kier alpha value is -0.780. The number of benzene rings is 1. The van der Waals surface area contributed by atoms with E-state index in [0.717, 1.165) is 5.92 Å². The van der Waals surface area contributed by atoms with Gasteiger partial charge in [0.05, 0.1) is 0 Å². The van der Waals surface area contributed by atoms with E-state index < -0.39 is 0 Å². The van der Waals surface area contributed by atoms with Crippen LogP contribution in [-0.4, -0.2) is 0 Å². The molecule has 0 radical (unpaired) electrons. The number of rotatable bonds is 6. The molecule has 0 amide bonds. The predicted octanol–water partition coefficient (Wildman–Crippen LogP) is 5.64. The monoisotopic (exact) mass is 232 g/mol. The lowest BCUT2D eigenvalue weighted by Gasteiger charge is -2.34. The van der Waals surface area contributed by atoms with Gasteiger partial charge in [0.25, 0.3) is 0 Å². The van der Waals surface area contributed by atoms with Crippen molar-refractivity contribution < 1.29 is 0 Å². The molecule has 0 bridgehead atoms. The molecule has 0 aliphatic carbocycles. The molecule has 0 nitrogen and oxygen atoms in total. The Labute approximate surface area is 107 Å². The standard InChI is InChI=1S/C17H28/c1-6-10-14(2)13-17(4,5)15(3)16-11-8-7-9-12-16/h7-9,11-12,14-15H,6,10,13H2,1-5H3.